The van der Waals surface area contributed by atoms with Crippen molar-refractivity contribution in [3.05, 3.63) is 0 Å². The maximum atomic E-state index is 11.1. The van der Waals surface area contributed by atoms with Crippen molar-refractivity contribution in [3.63, 3.8) is 0 Å². The van der Waals surface area contributed by atoms with Crippen LogP contribution in [0.25, 0.3) is 0 Å². The normalized spacial score (nSPS) is 22.2. The minimum absolute atomic E-state index is 0.374. The highest BCUT2D eigenvalue weighted by Crippen LogP contribution is 2.41. The first-order valence-electron chi connectivity index (χ1n) is 5.18. The number of carbonyl (C=O) groups excluding carboxylic acids is 1. The van der Waals surface area contributed by atoms with Crippen LogP contribution in [0, 0.1) is 5.41 Å². The minimum Gasteiger partial charge on any atom is -0.300 e. The van der Waals surface area contributed by atoms with E-state index in [1.165, 1.54) is 38.5 Å². The summed E-state index contributed by atoms with van der Waals surface area (Å²) in [5.41, 5.74) is 0.393. The molecule has 1 fully saturated rings. The molecule has 0 aromatic carbocycles. The summed E-state index contributed by atoms with van der Waals surface area (Å²) in [5.74, 6) is 0.374. The molecule has 1 rings (SSSR count). The quantitative estimate of drug-likeness (QED) is 0.631. The van der Waals surface area contributed by atoms with Gasteiger partial charge in [-0.3, -0.25) is 0 Å². The highest BCUT2D eigenvalue weighted by Gasteiger charge is 2.30. The first-order valence-corrected chi connectivity index (χ1v) is 5.18. The van der Waals surface area contributed by atoms with Gasteiger partial charge in [-0.25, -0.2) is 0 Å². The van der Waals surface area contributed by atoms with E-state index in [1.807, 2.05) is 0 Å². The van der Waals surface area contributed by atoms with Crippen LogP contribution in [0.15, 0.2) is 0 Å². The molecule has 0 heterocycles. The van der Waals surface area contributed by atoms with Crippen LogP contribution in [0.5, 0.6) is 0 Å². The molecule has 0 atom stereocenters. The third-order valence-corrected chi connectivity index (χ3v) is 3.29. The van der Waals surface area contributed by atoms with Gasteiger partial charge in [0.25, 0.3) is 0 Å². The molecule has 1 nitrogen and oxygen atoms in total. The molecule has 0 N–H and O–H groups in total. The number of carbonyl (C=O) groups is 1. The van der Waals surface area contributed by atoms with E-state index < -0.39 is 0 Å². The van der Waals surface area contributed by atoms with E-state index in [0.717, 1.165) is 6.42 Å². The lowest BCUT2D eigenvalue weighted by Crippen LogP contribution is -2.25. The van der Waals surface area contributed by atoms with Crippen LogP contribution in [0.4, 0.5) is 0 Å². The Hall–Kier alpha value is -0.330. The van der Waals surface area contributed by atoms with Crippen LogP contribution in [-0.2, 0) is 4.79 Å². The zero-order chi connectivity index (χ0) is 9.03. The van der Waals surface area contributed by atoms with Crippen molar-refractivity contribution in [1.29, 1.82) is 0 Å². The standard InChI is InChI=1S/C11H20O/c1-3-11(9-10(2)12)7-5-4-6-8-11/h3-9H2,1-2H3. The maximum absolute atomic E-state index is 11.1. The van der Waals surface area contributed by atoms with Gasteiger partial charge in [-0.15, -0.1) is 0 Å². The number of hydrogen-bond donors (Lipinski definition) is 0. The van der Waals surface area contributed by atoms with Gasteiger partial charge >= 0.3 is 0 Å². The molecule has 1 saturated carbocycles. The van der Waals surface area contributed by atoms with Gasteiger partial charge < -0.3 is 4.79 Å². The van der Waals surface area contributed by atoms with E-state index in [4.69, 9.17) is 0 Å². The maximum Gasteiger partial charge on any atom is 0.130 e. The molecule has 0 saturated heterocycles. The van der Waals surface area contributed by atoms with Crippen molar-refractivity contribution in [2.24, 2.45) is 5.41 Å². The van der Waals surface area contributed by atoms with Gasteiger partial charge in [0.2, 0.25) is 0 Å². The predicted molar refractivity (Wildman–Crippen MR) is 51.1 cm³/mol. The lowest BCUT2D eigenvalue weighted by atomic mass is 9.69. The van der Waals surface area contributed by atoms with Crippen molar-refractivity contribution >= 4 is 5.78 Å². The molecule has 0 bridgehead atoms. The molecule has 0 radical (unpaired) electrons. The third-order valence-electron chi connectivity index (χ3n) is 3.29. The second-order valence-corrected chi connectivity index (χ2v) is 4.29. The van der Waals surface area contributed by atoms with Crippen LogP contribution >= 0.6 is 0 Å². The molecule has 0 amide bonds. The van der Waals surface area contributed by atoms with Crippen molar-refractivity contribution < 1.29 is 4.79 Å². The second kappa shape index (κ2) is 4.06. The Bertz CT molecular complexity index is 154. The molecule has 70 valence electrons. The van der Waals surface area contributed by atoms with E-state index in [2.05, 4.69) is 6.92 Å². The lowest BCUT2D eigenvalue weighted by Gasteiger charge is -2.35. The van der Waals surface area contributed by atoms with Crippen LogP contribution in [0.3, 0.4) is 0 Å². The molecule has 0 aromatic rings. The van der Waals surface area contributed by atoms with Crippen LogP contribution < -0.4 is 0 Å². The van der Waals surface area contributed by atoms with E-state index in [0.29, 0.717) is 11.2 Å². The third kappa shape index (κ3) is 2.33. The summed E-state index contributed by atoms with van der Waals surface area (Å²) in [4.78, 5) is 11.1. The molecule has 1 aliphatic carbocycles. The molecule has 12 heavy (non-hydrogen) atoms. The Morgan fingerprint density at radius 1 is 1.25 bits per heavy atom. The zero-order valence-corrected chi connectivity index (χ0v) is 8.36. The van der Waals surface area contributed by atoms with Crippen LogP contribution in [-0.4, -0.2) is 5.78 Å². The molecule has 1 heteroatoms. The molecular weight excluding hydrogens is 148 g/mol. The van der Waals surface area contributed by atoms with Gasteiger partial charge in [0, 0.05) is 6.42 Å². The first-order chi connectivity index (χ1) is 5.68. The summed E-state index contributed by atoms with van der Waals surface area (Å²) >= 11 is 0. The average Bonchev–Trinajstić information content (AvgIpc) is 2.05. The Kier molecular flexibility index (Phi) is 3.30. The van der Waals surface area contributed by atoms with Gasteiger partial charge in [-0.05, 0) is 25.2 Å². The number of ketones is 1. The van der Waals surface area contributed by atoms with Crippen molar-refractivity contribution in [1.82, 2.24) is 0 Å². The molecule has 0 aliphatic heterocycles. The van der Waals surface area contributed by atoms with E-state index in [-0.39, 0.29) is 0 Å². The summed E-state index contributed by atoms with van der Waals surface area (Å²) < 4.78 is 0. The predicted octanol–water partition coefficient (Wildman–Crippen LogP) is 3.33. The summed E-state index contributed by atoms with van der Waals surface area (Å²) in [6.07, 6.45) is 8.62. The molecule has 0 spiro atoms. The fourth-order valence-electron chi connectivity index (χ4n) is 2.49. The van der Waals surface area contributed by atoms with Crippen molar-refractivity contribution in [2.75, 3.05) is 0 Å². The van der Waals surface area contributed by atoms with Gasteiger partial charge in [0.15, 0.2) is 0 Å². The topological polar surface area (TPSA) is 17.1 Å². The smallest absolute Gasteiger partial charge is 0.130 e. The first kappa shape index (κ1) is 9.76. The summed E-state index contributed by atoms with van der Waals surface area (Å²) in [5, 5.41) is 0. The fourth-order valence-corrected chi connectivity index (χ4v) is 2.49. The fraction of sp³-hybridized carbons (Fsp3) is 0.909. The monoisotopic (exact) mass is 168 g/mol. The number of rotatable bonds is 3. The molecule has 1 aliphatic rings. The van der Waals surface area contributed by atoms with Crippen LogP contribution in [0.1, 0.15) is 58.8 Å². The highest BCUT2D eigenvalue weighted by atomic mass is 16.1. The van der Waals surface area contributed by atoms with E-state index in [9.17, 15) is 4.79 Å². The van der Waals surface area contributed by atoms with E-state index in [1.54, 1.807) is 6.92 Å². The number of hydrogen-bond acceptors (Lipinski definition) is 1. The van der Waals surface area contributed by atoms with Crippen molar-refractivity contribution in [2.45, 2.75) is 58.8 Å². The number of Topliss-reactive ketones (excluding diaryl/α,β-unsaturated/α-hetero) is 1. The Morgan fingerprint density at radius 2 is 1.83 bits per heavy atom. The average molecular weight is 168 g/mol. The Morgan fingerprint density at radius 3 is 2.25 bits per heavy atom. The van der Waals surface area contributed by atoms with Crippen molar-refractivity contribution in [3.8, 4) is 0 Å². The molecular formula is C11H20O. The Labute approximate surface area is 75.5 Å². The summed E-state index contributed by atoms with van der Waals surface area (Å²) in [7, 11) is 0. The summed E-state index contributed by atoms with van der Waals surface area (Å²) in [6, 6.07) is 0. The van der Waals surface area contributed by atoms with Gasteiger partial charge in [-0.1, -0.05) is 32.6 Å². The minimum atomic E-state index is 0.374. The molecule has 0 aromatic heterocycles. The molecule has 0 unspecified atom stereocenters. The SMILES string of the molecule is CCC1(CC(C)=O)CCCCC1. The largest absolute Gasteiger partial charge is 0.300 e. The van der Waals surface area contributed by atoms with Gasteiger partial charge in [0.05, 0.1) is 0 Å². The van der Waals surface area contributed by atoms with Gasteiger partial charge in [0.1, 0.15) is 5.78 Å². The van der Waals surface area contributed by atoms with E-state index >= 15 is 0 Å². The van der Waals surface area contributed by atoms with Gasteiger partial charge in [-0.2, -0.15) is 0 Å². The Balaban J connectivity index is 2.53. The second-order valence-electron chi connectivity index (χ2n) is 4.29. The lowest BCUT2D eigenvalue weighted by molar-refractivity contribution is -0.119. The zero-order valence-electron chi connectivity index (χ0n) is 8.36. The summed E-state index contributed by atoms with van der Waals surface area (Å²) in [6.45, 7) is 3.96. The highest BCUT2D eigenvalue weighted by molar-refractivity contribution is 5.76. The van der Waals surface area contributed by atoms with Crippen LogP contribution in [0.2, 0.25) is 0 Å².